The van der Waals surface area contributed by atoms with Crippen molar-refractivity contribution in [3.63, 3.8) is 0 Å². The smallest absolute Gasteiger partial charge is 0.0384 e. The zero-order chi connectivity index (χ0) is 13.5. The van der Waals surface area contributed by atoms with Crippen molar-refractivity contribution in [2.45, 2.75) is 39.5 Å². The summed E-state index contributed by atoms with van der Waals surface area (Å²) in [5.74, 6) is 0. The first-order valence-corrected chi connectivity index (χ1v) is 7.26. The zero-order valence-corrected chi connectivity index (χ0v) is 11.9. The lowest BCUT2D eigenvalue weighted by molar-refractivity contribution is 0.922. The Morgan fingerprint density at radius 2 is 1.00 bits per heavy atom. The summed E-state index contributed by atoms with van der Waals surface area (Å²) < 4.78 is 0. The second-order valence-corrected chi connectivity index (χ2v) is 5.02. The van der Waals surface area contributed by atoms with Gasteiger partial charge in [-0.15, -0.1) is 0 Å². The van der Waals surface area contributed by atoms with Gasteiger partial charge in [-0.25, -0.2) is 0 Å². The average Bonchev–Trinajstić information content (AvgIpc) is 2.44. The van der Waals surface area contributed by atoms with E-state index >= 15 is 0 Å². The highest BCUT2D eigenvalue weighted by molar-refractivity contribution is 5.60. The molecule has 0 aliphatic rings. The zero-order valence-electron chi connectivity index (χ0n) is 11.9. The van der Waals surface area contributed by atoms with Crippen LogP contribution in [0.3, 0.4) is 0 Å². The van der Waals surface area contributed by atoms with Crippen LogP contribution in [-0.2, 0) is 12.8 Å². The topological polar surface area (TPSA) is 12.0 Å². The molecule has 100 valence electrons. The van der Waals surface area contributed by atoms with E-state index in [-0.39, 0.29) is 0 Å². The van der Waals surface area contributed by atoms with Gasteiger partial charge in [0, 0.05) is 11.4 Å². The first-order valence-electron chi connectivity index (χ1n) is 7.26. The lowest BCUT2D eigenvalue weighted by Crippen LogP contribution is -1.92. The molecule has 0 aromatic heterocycles. The van der Waals surface area contributed by atoms with Gasteiger partial charge in [0.2, 0.25) is 0 Å². The van der Waals surface area contributed by atoms with Gasteiger partial charge in [0.1, 0.15) is 0 Å². The summed E-state index contributed by atoms with van der Waals surface area (Å²) in [7, 11) is 0. The van der Waals surface area contributed by atoms with Crippen LogP contribution in [-0.4, -0.2) is 0 Å². The summed E-state index contributed by atoms with van der Waals surface area (Å²) >= 11 is 0. The molecule has 0 aliphatic heterocycles. The van der Waals surface area contributed by atoms with Crippen molar-refractivity contribution in [3.05, 3.63) is 59.7 Å². The highest BCUT2D eigenvalue weighted by Crippen LogP contribution is 2.18. The van der Waals surface area contributed by atoms with Crippen molar-refractivity contribution in [3.8, 4) is 0 Å². The van der Waals surface area contributed by atoms with Crippen LogP contribution in [0.4, 0.5) is 11.4 Å². The molecule has 2 aromatic carbocycles. The van der Waals surface area contributed by atoms with Gasteiger partial charge >= 0.3 is 0 Å². The number of nitrogens with one attached hydrogen (secondary N) is 1. The quantitative estimate of drug-likeness (QED) is 0.733. The highest BCUT2D eigenvalue weighted by Gasteiger charge is 1.96. The van der Waals surface area contributed by atoms with Crippen molar-refractivity contribution in [2.75, 3.05) is 5.32 Å². The van der Waals surface area contributed by atoms with Crippen LogP contribution in [0.2, 0.25) is 0 Å². The maximum absolute atomic E-state index is 3.44. The van der Waals surface area contributed by atoms with E-state index in [9.17, 15) is 0 Å². The minimum absolute atomic E-state index is 1.16. The Hall–Kier alpha value is -1.76. The molecule has 0 atom stereocenters. The number of hydrogen-bond donors (Lipinski definition) is 1. The summed E-state index contributed by atoms with van der Waals surface area (Å²) in [5, 5.41) is 3.44. The molecule has 0 unspecified atom stereocenters. The molecule has 0 bridgehead atoms. The Kier molecular flexibility index (Phi) is 5.02. The lowest BCUT2D eigenvalue weighted by atomic mass is 10.1. The van der Waals surface area contributed by atoms with Gasteiger partial charge in [0.05, 0.1) is 0 Å². The number of aryl methyl sites for hydroxylation is 2. The molecule has 0 heterocycles. The maximum atomic E-state index is 3.44. The predicted octanol–water partition coefficient (Wildman–Crippen LogP) is 5.34. The second kappa shape index (κ2) is 6.98. The highest BCUT2D eigenvalue weighted by atomic mass is 14.9. The number of benzene rings is 2. The first-order chi connectivity index (χ1) is 9.31. The standard InChI is InChI=1S/C18H23N/c1-3-5-15-7-11-17(12-8-15)19-18-13-9-16(6-4-2)10-14-18/h7-14,19H,3-6H2,1-2H3. The molecule has 0 aliphatic carbocycles. The van der Waals surface area contributed by atoms with Crippen molar-refractivity contribution in [1.82, 2.24) is 0 Å². The molecule has 2 rings (SSSR count). The largest absolute Gasteiger partial charge is 0.356 e. The fourth-order valence-electron chi connectivity index (χ4n) is 2.25. The summed E-state index contributed by atoms with van der Waals surface area (Å²) in [6, 6.07) is 17.5. The van der Waals surface area contributed by atoms with E-state index in [1.807, 2.05) is 0 Å². The van der Waals surface area contributed by atoms with E-state index in [0.717, 1.165) is 24.2 Å². The molecule has 1 nitrogen and oxygen atoms in total. The SMILES string of the molecule is CCCc1ccc(Nc2ccc(CCC)cc2)cc1. The normalized spacial score (nSPS) is 10.4. The minimum atomic E-state index is 1.16. The second-order valence-electron chi connectivity index (χ2n) is 5.02. The van der Waals surface area contributed by atoms with Crippen LogP contribution in [0.1, 0.15) is 37.8 Å². The van der Waals surface area contributed by atoms with Crippen molar-refractivity contribution in [1.29, 1.82) is 0 Å². The third kappa shape index (κ3) is 4.13. The van der Waals surface area contributed by atoms with Gasteiger partial charge in [-0.3, -0.25) is 0 Å². The Balaban J connectivity index is 1.99. The Labute approximate surface area is 116 Å². The molecule has 0 spiro atoms. The van der Waals surface area contributed by atoms with E-state index in [2.05, 4.69) is 67.7 Å². The summed E-state index contributed by atoms with van der Waals surface area (Å²) in [5.41, 5.74) is 5.13. The molecule has 19 heavy (non-hydrogen) atoms. The molecule has 1 heteroatoms. The summed E-state index contributed by atoms with van der Waals surface area (Å²) in [6.07, 6.45) is 4.72. The van der Waals surface area contributed by atoms with E-state index in [4.69, 9.17) is 0 Å². The monoisotopic (exact) mass is 253 g/mol. The molecule has 0 fully saturated rings. The van der Waals surface area contributed by atoms with E-state index in [1.54, 1.807) is 0 Å². The molecule has 1 N–H and O–H groups in total. The van der Waals surface area contributed by atoms with E-state index < -0.39 is 0 Å². The lowest BCUT2D eigenvalue weighted by Gasteiger charge is -2.08. The predicted molar refractivity (Wildman–Crippen MR) is 84.2 cm³/mol. The van der Waals surface area contributed by atoms with Crippen LogP contribution >= 0.6 is 0 Å². The average molecular weight is 253 g/mol. The molecular formula is C18H23N. The first kappa shape index (κ1) is 13.7. The van der Waals surface area contributed by atoms with Gasteiger partial charge in [0.15, 0.2) is 0 Å². The molecule has 0 saturated heterocycles. The fourth-order valence-corrected chi connectivity index (χ4v) is 2.25. The third-order valence-corrected chi connectivity index (χ3v) is 3.27. The van der Waals surface area contributed by atoms with E-state index in [0.29, 0.717) is 0 Å². The fraction of sp³-hybridized carbons (Fsp3) is 0.333. The van der Waals surface area contributed by atoms with Crippen LogP contribution < -0.4 is 5.32 Å². The van der Waals surface area contributed by atoms with Crippen molar-refractivity contribution in [2.24, 2.45) is 0 Å². The number of anilines is 2. The van der Waals surface area contributed by atoms with Crippen LogP contribution in [0, 0.1) is 0 Å². The number of rotatable bonds is 6. The van der Waals surface area contributed by atoms with E-state index in [1.165, 1.54) is 24.0 Å². The molecular weight excluding hydrogens is 230 g/mol. The summed E-state index contributed by atoms with van der Waals surface area (Å²) in [4.78, 5) is 0. The van der Waals surface area contributed by atoms with Gasteiger partial charge in [-0.2, -0.15) is 0 Å². The Morgan fingerprint density at radius 3 is 1.32 bits per heavy atom. The van der Waals surface area contributed by atoms with Crippen LogP contribution in [0.5, 0.6) is 0 Å². The molecule has 0 saturated carbocycles. The van der Waals surface area contributed by atoms with Gasteiger partial charge in [-0.1, -0.05) is 51.0 Å². The van der Waals surface area contributed by atoms with Crippen molar-refractivity contribution < 1.29 is 0 Å². The Bertz CT molecular complexity index is 435. The maximum Gasteiger partial charge on any atom is 0.0384 e. The molecule has 0 amide bonds. The summed E-state index contributed by atoms with van der Waals surface area (Å²) in [6.45, 7) is 4.42. The Morgan fingerprint density at radius 1 is 0.632 bits per heavy atom. The van der Waals surface area contributed by atoms with Crippen LogP contribution in [0.25, 0.3) is 0 Å². The minimum Gasteiger partial charge on any atom is -0.356 e. The molecule has 2 aromatic rings. The van der Waals surface area contributed by atoms with Gasteiger partial charge < -0.3 is 5.32 Å². The van der Waals surface area contributed by atoms with Gasteiger partial charge in [0.25, 0.3) is 0 Å². The number of hydrogen-bond acceptors (Lipinski definition) is 1. The third-order valence-electron chi connectivity index (χ3n) is 3.27. The van der Waals surface area contributed by atoms with Gasteiger partial charge in [-0.05, 0) is 48.2 Å². The molecule has 0 radical (unpaired) electrons. The van der Waals surface area contributed by atoms with Crippen LogP contribution in [0.15, 0.2) is 48.5 Å². The van der Waals surface area contributed by atoms with Crippen molar-refractivity contribution >= 4 is 11.4 Å².